The van der Waals surface area contributed by atoms with E-state index < -0.39 is 23.5 Å². The molecular weight excluding hydrogens is 347 g/mol. The number of aromatic nitrogens is 1. The summed E-state index contributed by atoms with van der Waals surface area (Å²) in [6.07, 6.45) is -2.66. The summed E-state index contributed by atoms with van der Waals surface area (Å²) in [5.74, 6) is -1.53. The van der Waals surface area contributed by atoms with Gasteiger partial charge in [0.15, 0.2) is 0 Å². The Hall–Kier alpha value is -1.83. The van der Waals surface area contributed by atoms with Gasteiger partial charge in [0.25, 0.3) is 0 Å². The molecule has 8 heteroatoms. The lowest BCUT2D eigenvalue weighted by molar-refractivity contribution is -0.183. The minimum absolute atomic E-state index is 0.161. The van der Waals surface area contributed by atoms with E-state index in [-0.39, 0.29) is 24.3 Å². The third-order valence-corrected chi connectivity index (χ3v) is 4.75. The fraction of sp³-hybridized carbons (Fsp3) is 0.667. The SMILES string of the molecule is CC(C)(C)c1nc(NNC[C@H]2CC[C@H](C(F)(F)F)CC2)ccc1C(=O)O. The monoisotopic (exact) mass is 373 g/mol. The summed E-state index contributed by atoms with van der Waals surface area (Å²) in [5.41, 5.74) is 6.15. The lowest BCUT2D eigenvalue weighted by Gasteiger charge is -2.30. The Balaban J connectivity index is 1.90. The molecule has 0 bridgehead atoms. The number of aromatic carboxylic acids is 1. The molecule has 0 amide bonds. The first-order valence-electron chi connectivity index (χ1n) is 8.79. The van der Waals surface area contributed by atoms with Gasteiger partial charge in [-0.15, -0.1) is 0 Å². The molecule has 1 saturated carbocycles. The summed E-state index contributed by atoms with van der Waals surface area (Å²) in [4.78, 5) is 15.7. The number of hydrogen-bond donors (Lipinski definition) is 3. The van der Waals surface area contributed by atoms with E-state index in [0.717, 1.165) is 0 Å². The van der Waals surface area contributed by atoms with Gasteiger partial charge in [0.05, 0.1) is 17.2 Å². The van der Waals surface area contributed by atoms with Crippen LogP contribution in [-0.2, 0) is 5.41 Å². The first-order valence-corrected chi connectivity index (χ1v) is 8.79. The molecule has 1 fully saturated rings. The summed E-state index contributed by atoms with van der Waals surface area (Å²) in [7, 11) is 0. The van der Waals surface area contributed by atoms with E-state index in [1.807, 2.05) is 20.8 Å². The van der Waals surface area contributed by atoms with Gasteiger partial charge < -0.3 is 10.5 Å². The van der Waals surface area contributed by atoms with E-state index in [2.05, 4.69) is 15.8 Å². The van der Waals surface area contributed by atoms with Gasteiger partial charge in [0, 0.05) is 12.0 Å². The summed E-state index contributed by atoms with van der Waals surface area (Å²) in [6.45, 7) is 6.20. The highest BCUT2D eigenvalue weighted by atomic mass is 19.4. The maximum absolute atomic E-state index is 12.7. The van der Waals surface area contributed by atoms with Gasteiger partial charge in [-0.1, -0.05) is 20.8 Å². The Morgan fingerprint density at radius 1 is 1.19 bits per heavy atom. The van der Waals surface area contributed by atoms with Gasteiger partial charge in [0.1, 0.15) is 5.82 Å². The second-order valence-corrected chi connectivity index (χ2v) is 7.91. The van der Waals surface area contributed by atoms with E-state index in [0.29, 0.717) is 30.9 Å². The van der Waals surface area contributed by atoms with Gasteiger partial charge >= 0.3 is 12.1 Å². The lowest BCUT2D eigenvalue weighted by Crippen LogP contribution is -2.34. The molecule has 146 valence electrons. The molecule has 2 rings (SSSR count). The molecule has 0 saturated heterocycles. The Labute approximate surface area is 151 Å². The molecule has 1 aromatic rings. The first kappa shape index (κ1) is 20.5. The summed E-state index contributed by atoms with van der Waals surface area (Å²) < 4.78 is 38.1. The van der Waals surface area contributed by atoms with E-state index >= 15 is 0 Å². The molecule has 0 aliphatic heterocycles. The Morgan fingerprint density at radius 2 is 1.81 bits per heavy atom. The number of anilines is 1. The number of hydrogen-bond acceptors (Lipinski definition) is 4. The van der Waals surface area contributed by atoms with Crippen LogP contribution in [0.3, 0.4) is 0 Å². The normalized spacial score (nSPS) is 21.5. The van der Waals surface area contributed by atoms with Crippen LogP contribution in [0.15, 0.2) is 12.1 Å². The lowest BCUT2D eigenvalue weighted by atomic mass is 9.82. The number of carboxylic acids is 1. The highest BCUT2D eigenvalue weighted by Gasteiger charge is 2.41. The molecule has 1 aliphatic carbocycles. The number of pyridine rings is 1. The maximum atomic E-state index is 12.7. The van der Waals surface area contributed by atoms with Crippen LogP contribution in [0, 0.1) is 11.8 Å². The number of alkyl halides is 3. The van der Waals surface area contributed by atoms with Crippen LogP contribution in [0.5, 0.6) is 0 Å². The fourth-order valence-electron chi connectivity index (χ4n) is 3.25. The molecule has 0 atom stereocenters. The minimum atomic E-state index is -4.09. The predicted octanol–water partition coefficient (Wildman–Crippen LogP) is 4.36. The molecule has 1 aromatic heterocycles. The molecule has 26 heavy (non-hydrogen) atoms. The third kappa shape index (κ3) is 5.33. The highest BCUT2D eigenvalue weighted by Crippen LogP contribution is 2.39. The highest BCUT2D eigenvalue weighted by molar-refractivity contribution is 5.89. The molecule has 0 unspecified atom stereocenters. The van der Waals surface area contributed by atoms with E-state index in [9.17, 15) is 23.1 Å². The van der Waals surface area contributed by atoms with Crippen molar-refractivity contribution < 1.29 is 23.1 Å². The largest absolute Gasteiger partial charge is 0.478 e. The van der Waals surface area contributed by atoms with Crippen LogP contribution in [0.2, 0.25) is 0 Å². The van der Waals surface area contributed by atoms with Crippen LogP contribution < -0.4 is 10.9 Å². The molecule has 0 spiro atoms. The number of rotatable bonds is 5. The Kier molecular flexibility index (Phi) is 6.16. The van der Waals surface area contributed by atoms with Crippen molar-refractivity contribution in [1.82, 2.24) is 10.4 Å². The van der Waals surface area contributed by atoms with Crippen LogP contribution in [-0.4, -0.2) is 28.8 Å². The van der Waals surface area contributed by atoms with Gasteiger partial charge in [-0.05, 0) is 43.7 Å². The zero-order valence-electron chi connectivity index (χ0n) is 15.3. The van der Waals surface area contributed by atoms with Crippen molar-refractivity contribution in [3.8, 4) is 0 Å². The second-order valence-electron chi connectivity index (χ2n) is 7.91. The van der Waals surface area contributed by atoms with E-state index in [4.69, 9.17) is 0 Å². The van der Waals surface area contributed by atoms with Crippen LogP contribution in [0.1, 0.15) is 62.5 Å². The van der Waals surface area contributed by atoms with Gasteiger partial charge in [0.2, 0.25) is 0 Å². The standard InChI is InChI=1S/C18H26F3N3O2/c1-17(2,3)15-13(16(25)26)8-9-14(23-15)24-22-10-11-4-6-12(7-5-11)18(19,20)21/h8-9,11-12,22H,4-7,10H2,1-3H3,(H,23,24)(H,25,26)/t11-,12-. The number of nitrogens with one attached hydrogen (secondary N) is 2. The van der Waals surface area contributed by atoms with Crippen LogP contribution in [0.4, 0.5) is 19.0 Å². The molecule has 5 nitrogen and oxygen atoms in total. The van der Waals surface area contributed by atoms with Crippen LogP contribution in [0.25, 0.3) is 0 Å². The van der Waals surface area contributed by atoms with Crippen molar-refractivity contribution in [2.75, 3.05) is 12.0 Å². The maximum Gasteiger partial charge on any atom is 0.391 e. The Morgan fingerprint density at radius 3 is 2.31 bits per heavy atom. The topological polar surface area (TPSA) is 74.2 Å². The number of carboxylic acid groups (broad SMARTS) is 1. The van der Waals surface area contributed by atoms with Gasteiger partial charge in [-0.2, -0.15) is 13.2 Å². The summed E-state index contributed by atoms with van der Waals surface area (Å²) >= 11 is 0. The molecular formula is C18H26F3N3O2. The van der Waals surface area contributed by atoms with Crippen molar-refractivity contribution in [1.29, 1.82) is 0 Å². The molecule has 0 aromatic carbocycles. The molecule has 3 N–H and O–H groups in total. The van der Waals surface area contributed by atoms with Gasteiger partial charge in [-0.25, -0.2) is 15.2 Å². The summed E-state index contributed by atoms with van der Waals surface area (Å²) in [5, 5.41) is 9.29. The van der Waals surface area contributed by atoms with Crippen molar-refractivity contribution >= 4 is 11.8 Å². The van der Waals surface area contributed by atoms with Gasteiger partial charge in [-0.3, -0.25) is 0 Å². The average molecular weight is 373 g/mol. The van der Waals surface area contributed by atoms with Crippen molar-refractivity contribution in [3.05, 3.63) is 23.4 Å². The summed E-state index contributed by atoms with van der Waals surface area (Å²) in [6, 6.07) is 3.08. The number of hydrazine groups is 1. The zero-order valence-corrected chi connectivity index (χ0v) is 15.3. The third-order valence-electron chi connectivity index (χ3n) is 4.75. The van der Waals surface area contributed by atoms with E-state index in [1.165, 1.54) is 6.07 Å². The second kappa shape index (κ2) is 7.82. The first-order chi connectivity index (χ1) is 12.0. The Bertz CT molecular complexity index is 634. The number of nitrogens with zero attached hydrogens (tertiary/aromatic N) is 1. The predicted molar refractivity (Wildman–Crippen MR) is 93.0 cm³/mol. The average Bonchev–Trinajstić information content (AvgIpc) is 2.53. The quantitative estimate of drug-likeness (QED) is 0.669. The van der Waals surface area contributed by atoms with Crippen LogP contribution >= 0.6 is 0 Å². The number of halogens is 3. The minimum Gasteiger partial charge on any atom is -0.478 e. The molecule has 0 radical (unpaired) electrons. The molecule has 1 aliphatic rings. The van der Waals surface area contributed by atoms with Crippen molar-refractivity contribution in [2.24, 2.45) is 11.8 Å². The van der Waals surface area contributed by atoms with Crippen molar-refractivity contribution in [2.45, 2.75) is 58.0 Å². The molecule has 1 heterocycles. The van der Waals surface area contributed by atoms with Crippen molar-refractivity contribution in [3.63, 3.8) is 0 Å². The fourth-order valence-corrected chi connectivity index (χ4v) is 3.25. The van der Waals surface area contributed by atoms with E-state index in [1.54, 1.807) is 6.07 Å². The zero-order chi connectivity index (χ0) is 19.5. The number of carbonyl (C=O) groups is 1. The smallest absolute Gasteiger partial charge is 0.391 e.